The van der Waals surface area contributed by atoms with Gasteiger partial charge in [-0.25, -0.2) is 0 Å². The lowest BCUT2D eigenvalue weighted by atomic mass is 9.85. The molecule has 0 amide bonds. The summed E-state index contributed by atoms with van der Waals surface area (Å²) in [4.78, 5) is 0. The Bertz CT molecular complexity index is 249. The molecule has 2 aliphatic carbocycles. The number of methoxy groups -OCH3 is 1. The SMILES string of the molecule is COC1CC(NC2CCC3(CC2)OCCO3)C1. The Kier molecular flexibility index (Phi) is 3.39. The average Bonchev–Trinajstić information content (AvgIpc) is 2.74. The van der Waals surface area contributed by atoms with Gasteiger partial charge >= 0.3 is 0 Å². The summed E-state index contributed by atoms with van der Waals surface area (Å²) in [7, 11) is 1.81. The lowest BCUT2D eigenvalue weighted by molar-refractivity contribution is -0.180. The van der Waals surface area contributed by atoms with E-state index in [0.29, 0.717) is 18.2 Å². The van der Waals surface area contributed by atoms with E-state index in [1.165, 1.54) is 25.7 Å². The fraction of sp³-hybridized carbons (Fsp3) is 1.00. The van der Waals surface area contributed by atoms with Crippen LogP contribution < -0.4 is 5.32 Å². The Labute approximate surface area is 103 Å². The van der Waals surface area contributed by atoms with Crippen LogP contribution in [0.1, 0.15) is 38.5 Å². The minimum absolute atomic E-state index is 0.215. The Balaban J connectivity index is 1.40. The summed E-state index contributed by atoms with van der Waals surface area (Å²) in [5, 5.41) is 3.73. The van der Waals surface area contributed by atoms with Gasteiger partial charge in [-0.3, -0.25) is 0 Å². The van der Waals surface area contributed by atoms with E-state index in [0.717, 1.165) is 26.1 Å². The quantitative estimate of drug-likeness (QED) is 0.811. The average molecular weight is 241 g/mol. The van der Waals surface area contributed by atoms with Crippen LogP contribution in [0.25, 0.3) is 0 Å². The summed E-state index contributed by atoms with van der Waals surface area (Å²) in [5.74, 6) is -0.215. The van der Waals surface area contributed by atoms with Crippen molar-refractivity contribution in [2.75, 3.05) is 20.3 Å². The summed E-state index contributed by atoms with van der Waals surface area (Å²) >= 11 is 0. The highest BCUT2D eigenvalue weighted by molar-refractivity contribution is 4.91. The molecule has 3 aliphatic rings. The van der Waals surface area contributed by atoms with Gasteiger partial charge in [0.1, 0.15) is 0 Å². The first kappa shape index (κ1) is 11.9. The summed E-state index contributed by atoms with van der Waals surface area (Å²) in [6.45, 7) is 1.55. The molecule has 1 N–H and O–H groups in total. The van der Waals surface area contributed by atoms with E-state index in [1.807, 2.05) is 0 Å². The van der Waals surface area contributed by atoms with E-state index in [-0.39, 0.29) is 5.79 Å². The smallest absolute Gasteiger partial charge is 0.168 e. The number of rotatable bonds is 3. The van der Waals surface area contributed by atoms with Crippen LogP contribution in [0.5, 0.6) is 0 Å². The van der Waals surface area contributed by atoms with Crippen molar-refractivity contribution in [2.45, 2.75) is 62.5 Å². The van der Waals surface area contributed by atoms with Crippen molar-refractivity contribution < 1.29 is 14.2 Å². The van der Waals surface area contributed by atoms with Gasteiger partial charge in [-0.2, -0.15) is 0 Å². The van der Waals surface area contributed by atoms with E-state index >= 15 is 0 Å². The zero-order valence-electron chi connectivity index (χ0n) is 10.6. The molecule has 2 saturated carbocycles. The third-order valence-electron chi connectivity index (χ3n) is 4.46. The van der Waals surface area contributed by atoms with Crippen molar-refractivity contribution >= 4 is 0 Å². The second-order valence-corrected chi connectivity index (χ2v) is 5.57. The summed E-state index contributed by atoms with van der Waals surface area (Å²) in [5.41, 5.74) is 0. The number of hydrogen-bond donors (Lipinski definition) is 1. The van der Waals surface area contributed by atoms with Gasteiger partial charge in [0.2, 0.25) is 0 Å². The third-order valence-corrected chi connectivity index (χ3v) is 4.46. The second-order valence-electron chi connectivity index (χ2n) is 5.57. The predicted molar refractivity (Wildman–Crippen MR) is 63.8 cm³/mol. The maximum Gasteiger partial charge on any atom is 0.168 e. The summed E-state index contributed by atoms with van der Waals surface area (Å²) in [6, 6.07) is 1.32. The van der Waals surface area contributed by atoms with Crippen molar-refractivity contribution in [2.24, 2.45) is 0 Å². The van der Waals surface area contributed by atoms with Gasteiger partial charge < -0.3 is 19.5 Å². The molecule has 0 bridgehead atoms. The molecular weight excluding hydrogens is 218 g/mol. The van der Waals surface area contributed by atoms with Gasteiger partial charge in [0.25, 0.3) is 0 Å². The molecule has 0 aromatic carbocycles. The first-order chi connectivity index (χ1) is 8.30. The molecule has 4 nitrogen and oxygen atoms in total. The molecule has 4 heteroatoms. The number of nitrogens with one attached hydrogen (secondary N) is 1. The minimum atomic E-state index is -0.215. The third kappa shape index (κ3) is 2.50. The molecule has 98 valence electrons. The van der Waals surface area contributed by atoms with E-state index in [1.54, 1.807) is 7.11 Å². The molecule has 3 fully saturated rings. The van der Waals surface area contributed by atoms with Crippen LogP contribution >= 0.6 is 0 Å². The van der Waals surface area contributed by atoms with E-state index in [9.17, 15) is 0 Å². The van der Waals surface area contributed by atoms with Crippen molar-refractivity contribution in [1.29, 1.82) is 0 Å². The molecular formula is C13H23NO3. The first-order valence-electron chi connectivity index (χ1n) is 6.86. The van der Waals surface area contributed by atoms with Gasteiger partial charge in [-0.05, 0) is 25.7 Å². The summed E-state index contributed by atoms with van der Waals surface area (Å²) in [6.07, 6.45) is 7.28. The fourth-order valence-corrected chi connectivity index (χ4v) is 3.24. The molecule has 1 heterocycles. The zero-order chi connectivity index (χ0) is 11.7. The van der Waals surface area contributed by atoms with Crippen LogP contribution in [-0.2, 0) is 14.2 Å². The molecule has 0 aromatic heterocycles. The largest absolute Gasteiger partial charge is 0.381 e. The predicted octanol–water partition coefficient (Wildman–Crippen LogP) is 1.44. The highest BCUT2D eigenvalue weighted by Gasteiger charge is 2.41. The lowest BCUT2D eigenvalue weighted by Gasteiger charge is -2.41. The van der Waals surface area contributed by atoms with Crippen LogP contribution in [-0.4, -0.2) is 44.3 Å². The number of hydrogen-bond acceptors (Lipinski definition) is 4. The van der Waals surface area contributed by atoms with Gasteiger partial charge in [-0.1, -0.05) is 0 Å². The Morgan fingerprint density at radius 1 is 1.06 bits per heavy atom. The van der Waals surface area contributed by atoms with Crippen molar-refractivity contribution in [1.82, 2.24) is 5.32 Å². The van der Waals surface area contributed by atoms with E-state index < -0.39 is 0 Å². The van der Waals surface area contributed by atoms with Crippen LogP contribution in [0.15, 0.2) is 0 Å². The maximum atomic E-state index is 5.74. The van der Waals surface area contributed by atoms with Crippen molar-refractivity contribution in [3.63, 3.8) is 0 Å². The van der Waals surface area contributed by atoms with Crippen LogP contribution in [0.2, 0.25) is 0 Å². The van der Waals surface area contributed by atoms with Gasteiger partial charge in [0.05, 0.1) is 19.3 Å². The second kappa shape index (κ2) is 4.84. The van der Waals surface area contributed by atoms with Gasteiger partial charge in [0.15, 0.2) is 5.79 Å². The van der Waals surface area contributed by atoms with Crippen molar-refractivity contribution in [3.05, 3.63) is 0 Å². The maximum absolute atomic E-state index is 5.74. The highest BCUT2D eigenvalue weighted by Crippen LogP contribution is 2.36. The Morgan fingerprint density at radius 3 is 2.29 bits per heavy atom. The first-order valence-corrected chi connectivity index (χ1v) is 6.86. The van der Waals surface area contributed by atoms with Gasteiger partial charge in [0, 0.05) is 32.0 Å². The Hall–Kier alpha value is -0.160. The van der Waals surface area contributed by atoms with E-state index in [4.69, 9.17) is 14.2 Å². The lowest BCUT2D eigenvalue weighted by Crippen LogP contribution is -2.51. The van der Waals surface area contributed by atoms with Crippen LogP contribution in [0, 0.1) is 0 Å². The zero-order valence-corrected chi connectivity index (χ0v) is 10.6. The molecule has 1 saturated heterocycles. The standard InChI is InChI=1S/C13H23NO3/c1-15-12-8-11(9-12)14-10-2-4-13(5-3-10)16-6-7-17-13/h10-12,14H,2-9H2,1H3. The van der Waals surface area contributed by atoms with Crippen LogP contribution in [0.3, 0.4) is 0 Å². The molecule has 3 rings (SSSR count). The van der Waals surface area contributed by atoms with Gasteiger partial charge in [-0.15, -0.1) is 0 Å². The molecule has 1 spiro atoms. The summed E-state index contributed by atoms with van der Waals surface area (Å²) < 4.78 is 16.8. The fourth-order valence-electron chi connectivity index (χ4n) is 3.24. The van der Waals surface area contributed by atoms with Crippen LogP contribution in [0.4, 0.5) is 0 Å². The normalized spacial score (nSPS) is 37.2. The Morgan fingerprint density at radius 2 is 1.71 bits per heavy atom. The molecule has 0 aromatic rings. The minimum Gasteiger partial charge on any atom is -0.381 e. The highest BCUT2D eigenvalue weighted by atomic mass is 16.7. The topological polar surface area (TPSA) is 39.7 Å². The van der Waals surface area contributed by atoms with E-state index in [2.05, 4.69) is 5.32 Å². The molecule has 0 atom stereocenters. The number of ether oxygens (including phenoxy) is 3. The molecule has 17 heavy (non-hydrogen) atoms. The monoisotopic (exact) mass is 241 g/mol. The molecule has 1 aliphatic heterocycles. The molecule has 0 radical (unpaired) electrons. The van der Waals surface area contributed by atoms with Crippen molar-refractivity contribution in [3.8, 4) is 0 Å². The molecule has 0 unspecified atom stereocenters.